The number of rotatable bonds is 5. The van der Waals surface area contributed by atoms with E-state index in [0.717, 1.165) is 12.8 Å². The summed E-state index contributed by atoms with van der Waals surface area (Å²) in [6, 6.07) is 0.662. The van der Waals surface area contributed by atoms with Crippen molar-refractivity contribution in [3.05, 3.63) is 0 Å². The van der Waals surface area contributed by atoms with Gasteiger partial charge in [-0.1, -0.05) is 29.8 Å². The maximum atomic E-state index is 11.9. The Kier molecular flexibility index (Phi) is 6.41. The summed E-state index contributed by atoms with van der Waals surface area (Å²) >= 11 is 3.34. The molecule has 3 unspecified atom stereocenters. The molecule has 0 aliphatic carbocycles. The lowest BCUT2D eigenvalue weighted by molar-refractivity contribution is -0.134. The molecule has 0 aliphatic rings. The standard InChI is InChI=1S/C11H22BrNO/c1-6-8(3)13(9(4)7-2)11(14)10(5)12/h8-10H,6-7H2,1-5H3. The van der Waals surface area contributed by atoms with E-state index in [1.807, 2.05) is 11.8 Å². The van der Waals surface area contributed by atoms with Crippen LogP contribution in [-0.2, 0) is 4.79 Å². The van der Waals surface area contributed by atoms with Gasteiger partial charge in [-0.25, -0.2) is 0 Å². The first-order valence-electron chi connectivity index (χ1n) is 5.41. The van der Waals surface area contributed by atoms with Crippen LogP contribution in [-0.4, -0.2) is 27.7 Å². The normalized spacial score (nSPS) is 17.3. The predicted molar refractivity (Wildman–Crippen MR) is 64.7 cm³/mol. The lowest BCUT2D eigenvalue weighted by atomic mass is 10.1. The number of hydrogen-bond acceptors (Lipinski definition) is 1. The molecule has 0 fully saturated rings. The average Bonchev–Trinajstić information content (AvgIpc) is 2.16. The molecule has 0 rings (SSSR count). The van der Waals surface area contributed by atoms with E-state index >= 15 is 0 Å². The van der Waals surface area contributed by atoms with Gasteiger partial charge in [-0.15, -0.1) is 0 Å². The van der Waals surface area contributed by atoms with Crippen molar-refractivity contribution in [2.45, 2.75) is 64.4 Å². The van der Waals surface area contributed by atoms with Crippen molar-refractivity contribution in [3.8, 4) is 0 Å². The van der Waals surface area contributed by atoms with E-state index in [2.05, 4.69) is 43.6 Å². The van der Waals surface area contributed by atoms with Crippen LogP contribution < -0.4 is 0 Å². The van der Waals surface area contributed by atoms with Gasteiger partial charge in [0.05, 0.1) is 4.83 Å². The Morgan fingerprint density at radius 3 is 1.71 bits per heavy atom. The molecule has 0 radical (unpaired) electrons. The smallest absolute Gasteiger partial charge is 0.236 e. The third kappa shape index (κ3) is 3.60. The van der Waals surface area contributed by atoms with Crippen molar-refractivity contribution in [2.24, 2.45) is 0 Å². The first kappa shape index (κ1) is 13.9. The summed E-state index contributed by atoms with van der Waals surface area (Å²) in [5.74, 6) is 0.203. The fourth-order valence-electron chi connectivity index (χ4n) is 1.47. The van der Waals surface area contributed by atoms with E-state index in [9.17, 15) is 4.79 Å². The Hall–Kier alpha value is -0.0500. The van der Waals surface area contributed by atoms with Crippen LogP contribution in [0, 0.1) is 0 Å². The molecule has 0 saturated carbocycles. The van der Waals surface area contributed by atoms with Crippen molar-refractivity contribution in [1.82, 2.24) is 4.90 Å². The lowest BCUT2D eigenvalue weighted by Gasteiger charge is -2.34. The van der Waals surface area contributed by atoms with Crippen LogP contribution >= 0.6 is 15.9 Å². The first-order chi connectivity index (χ1) is 6.45. The van der Waals surface area contributed by atoms with Gasteiger partial charge in [-0.3, -0.25) is 4.79 Å². The fraction of sp³-hybridized carbons (Fsp3) is 0.909. The summed E-state index contributed by atoms with van der Waals surface area (Å²) < 4.78 is 0. The molecule has 14 heavy (non-hydrogen) atoms. The van der Waals surface area contributed by atoms with Crippen molar-refractivity contribution < 1.29 is 4.79 Å². The zero-order valence-corrected chi connectivity index (χ0v) is 11.5. The summed E-state index contributed by atoms with van der Waals surface area (Å²) in [6.07, 6.45) is 2.02. The van der Waals surface area contributed by atoms with Crippen molar-refractivity contribution in [1.29, 1.82) is 0 Å². The Bertz CT molecular complexity index is 172. The van der Waals surface area contributed by atoms with Gasteiger partial charge in [0.1, 0.15) is 0 Å². The lowest BCUT2D eigenvalue weighted by Crippen LogP contribution is -2.46. The highest BCUT2D eigenvalue weighted by molar-refractivity contribution is 9.10. The highest BCUT2D eigenvalue weighted by Crippen LogP contribution is 2.15. The molecule has 0 heterocycles. The second-order valence-electron chi connectivity index (χ2n) is 3.88. The second kappa shape index (κ2) is 6.44. The van der Waals surface area contributed by atoms with Crippen LogP contribution in [0.15, 0.2) is 0 Å². The molecule has 0 spiro atoms. The number of alkyl halides is 1. The molecule has 1 amide bonds. The maximum absolute atomic E-state index is 11.9. The van der Waals surface area contributed by atoms with Crippen LogP contribution in [0.4, 0.5) is 0 Å². The molecule has 0 aromatic rings. The molecule has 0 aliphatic heterocycles. The molecule has 0 N–H and O–H groups in total. The molecule has 0 aromatic heterocycles. The Labute approximate surface area is 96.2 Å². The van der Waals surface area contributed by atoms with Crippen molar-refractivity contribution in [3.63, 3.8) is 0 Å². The largest absolute Gasteiger partial charge is 0.336 e. The van der Waals surface area contributed by atoms with Gasteiger partial charge < -0.3 is 4.90 Å². The zero-order valence-electron chi connectivity index (χ0n) is 9.88. The summed E-state index contributed by atoms with van der Waals surface area (Å²) in [5, 5.41) is 0. The average molecular weight is 264 g/mol. The van der Waals surface area contributed by atoms with Crippen LogP contribution in [0.2, 0.25) is 0 Å². The summed E-state index contributed by atoms with van der Waals surface area (Å²) in [5.41, 5.74) is 0. The molecule has 0 saturated heterocycles. The van der Waals surface area contributed by atoms with Crippen molar-refractivity contribution in [2.75, 3.05) is 0 Å². The number of amides is 1. The summed E-state index contributed by atoms with van der Waals surface area (Å²) in [4.78, 5) is 13.8. The van der Waals surface area contributed by atoms with E-state index in [-0.39, 0.29) is 10.7 Å². The van der Waals surface area contributed by atoms with E-state index in [0.29, 0.717) is 12.1 Å². The van der Waals surface area contributed by atoms with E-state index in [1.54, 1.807) is 0 Å². The number of carbonyl (C=O) groups excluding carboxylic acids is 1. The van der Waals surface area contributed by atoms with Gasteiger partial charge in [0.2, 0.25) is 5.91 Å². The molecule has 2 nitrogen and oxygen atoms in total. The number of halogens is 1. The second-order valence-corrected chi connectivity index (χ2v) is 5.25. The third-order valence-corrected chi connectivity index (χ3v) is 3.12. The van der Waals surface area contributed by atoms with Gasteiger partial charge in [0.25, 0.3) is 0 Å². The Morgan fingerprint density at radius 1 is 1.14 bits per heavy atom. The van der Waals surface area contributed by atoms with Crippen LogP contribution in [0.25, 0.3) is 0 Å². The highest BCUT2D eigenvalue weighted by atomic mass is 79.9. The molecular weight excluding hydrogens is 242 g/mol. The molecule has 3 heteroatoms. The number of carbonyl (C=O) groups is 1. The first-order valence-corrected chi connectivity index (χ1v) is 6.33. The monoisotopic (exact) mass is 263 g/mol. The van der Waals surface area contributed by atoms with Crippen LogP contribution in [0.5, 0.6) is 0 Å². The molecule has 0 aromatic carbocycles. The summed E-state index contributed by atoms with van der Waals surface area (Å²) in [6.45, 7) is 10.3. The maximum Gasteiger partial charge on any atom is 0.236 e. The minimum absolute atomic E-state index is 0.0782. The molecule has 84 valence electrons. The quantitative estimate of drug-likeness (QED) is 0.698. The van der Waals surface area contributed by atoms with Gasteiger partial charge in [-0.2, -0.15) is 0 Å². The Morgan fingerprint density at radius 2 is 1.50 bits per heavy atom. The minimum atomic E-state index is -0.0782. The third-order valence-electron chi connectivity index (χ3n) is 2.73. The number of nitrogens with zero attached hydrogens (tertiary/aromatic N) is 1. The molecule has 3 atom stereocenters. The van der Waals surface area contributed by atoms with E-state index < -0.39 is 0 Å². The summed E-state index contributed by atoms with van der Waals surface area (Å²) in [7, 11) is 0. The SMILES string of the molecule is CCC(C)N(C(=O)C(C)Br)C(C)CC. The van der Waals surface area contributed by atoms with Gasteiger partial charge in [0, 0.05) is 12.1 Å². The predicted octanol–water partition coefficient (Wildman–Crippen LogP) is 3.20. The molecular formula is C11H22BrNO. The highest BCUT2D eigenvalue weighted by Gasteiger charge is 2.25. The number of hydrogen-bond donors (Lipinski definition) is 0. The van der Waals surface area contributed by atoms with E-state index in [1.165, 1.54) is 0 Å². The van der Waals surface area contributed by atoms with Gasteiger partial charge in [0.15, 0.2) is 0 Å². The Balaban J connectivity index is 4.63. The zero-order chi connectivity index (χ0) is 11.3. The van der Waals surface area contributed by atoms with Gasteiger partial charge in [-0.05, 0) is 33.6 Å². The van der Waals surface area contributed by atoms with E-state index in [4.69, 9.17) is 0 Å². The van der Waals surface area contributed by atoms with Crippen LogP contribution in [0.1, 0.15) is 47.5 Å². The van der Waals surface area contributed by atoms with Gasteiger partial charge >= 0.3 is 0 Å². The molecule has 0 bridgehead atoms. The fourth-order valence-corrected chi connectivity index (χ4v) is 1.70. The van der Waals surface area contributed by atoms with Crippen LogP contribution in [0.3, 0.4) is 0 Å². The minimum Gasteiger partial charge on any atom is -0.336 e. The topological polar surface area (TPSA) is 20.3 Å². The van der Waals surface area contributed by atoms with Crippen molar-refractivity contribution >= 4 is 21.8 Å².